The van der Waals surface area contributed by atoms with Gasteiger partial charge in [-0.15, -0.1) is 0 Å². The normalized spacial score (nSPS) is 19.0. The average Bonchev–Trinajstić information content (AvgIpc) is 2.61. The first-order valence-corrected chi connectivity index (χ1v) is 9.85. The molecule has 7 nitrogen and oxygen atoms in total. The number of carbonyl (C=O) groups excluding carboxylic acids is 1. The quantitative estimate of drug-likeness (QED) is 0.768. The van der Waals surface area contributed by atoms with Crippen molar-refractivity contribution in [2.24, 2.45) is 5.92 Å². The first kappa shape index (κ1) is 19.7. The Balaban J connectivity index is 2.02. The molecule has 1 aliphatic rings. The van der Waals surface area contributed by atoms with Gasteiger partial charge in [0, 0.05) is 26.2 Å². The van der Waals surface area contributed by atoms with E-state index in [1.807, 2.05) is 19.0 Å². The van der Waals surface area contributed by atoms with Crippen molar-refractivity contribution in [2.45, 2.75) is 17.7 Å². The Morgan fingerprint density at radius 1 is 1.32 bits per heavy atom. The van der Waals surface area contributed by atoms with Crippen LogP contribution in [0.15, 0.2) is 29.2 Å². The predicted octanol–water partition coefficient (Wildman–Crippen LogP) is 0.774. The fourth-order valence-electron chi connectivity index (χ4n) is 2.82. The maximum atomic E-state index is 12.8. The summed E-state index contributed by atoms with van der Waals surface area (Å²) >= 11 is 0. The van der Waals surface area contributed by atoms with E-state index in [4.69, 9.17) is 4.74 Å². The summed E-state index contributed by atoms with van der Waals surface area (Å²) < 4.78 is 32.1. The number of nitrogens with one attached hydrogen (secondary N) is 1. The number of piperidine rings is 1. The third kappa shape index (κ3) is 5.17. The van der Waals surface area contributed by atoms with Crippen molar-refractivity contribution < 1.29 is 17.9 Å². The molecule has 8 heteroatoms. The van der Waals surface area contributed by atoms with E-state index in [0.717, 1.165) is 6.54 Å². The highest BCUT2D eigenvalue weighted by Crippen LogP contribution is 2.25. The molecule has 1 saturated heterocycles. The Hall–Kier alpha value is -1.64. The van der Waals surface area contributed by atoms with Crippen molar-refractivity contribution in [1.29, 1.82) is 0 Å². The number of benzene rings is 1. The zero-order valence-corrected chi connectivity index (χ0v) is 15.9. The molecular weight excluding hydrogens is 342 g/mol. The molecule has 1 unspecified atom stereocenters. The maximum absolute atomic E-state index is 12.8. The Kier molecular flexibility index (Phi) is 6.80. The Morgan fingerprint density at radius 3 is 2.60 bits per heavy atom. The molecule has 1 heterocycles. The summed E-state index contributed by atoms with van der Waals surface area (Å²) in [4.78, 5) is 14.5. The van der Waals surface area contributed by atoms with Crippen LogP contribution in [0.4, 0.5) is 0 Å². The van der Waals surface area contributed by atoms with Gasteiger partial charge in [0.15, 0.2) is 0 Å². The van der Waals surface area contributed by atoms with Gasteiger partial charge in [0.1, 0.15) is 5.75 Å². The van der Waals surface area contributed by atoms with Crippen LogP contribution < -0.4 is 10.1 Å². The first-order valence-electron chi connectivity index (χ1n) is 8.41. The van der Waals surface area contributed by atoms with E-state index in [1.54, 1.807) is 12.1 Å². The molecule has 1 atom stereocenters. The molecule has 1 fully saturated rings. The predicted molar refractivity (Wildman–Crippen MR) is 96.0 cm³/mol. The number of hydrogen-bond acceptors (Lipinski definition) is 5. The zero-order chi connectivity index (χ0) is 18.4. The number of methoxy groups -OCH3 is 1. The minimum absolute atomic E-state index is 0.0727. The third-order valence-corrected chi connectivity index (χ3v) is 6.19. The summed E-state index contributed by atoms with van der Waals surface area (Å²) in [5, 5.41) is 2.89. The molecule has 1 aromatic rings. The minimum atomic E-state index is -3.60. The number of rotatable bonds is 7. The number of nitrogens with zero attached hydrogens (tertiary/aromatic N) is 2. The number of carbonyl (C=O) groups is 1. The summed E-state index contributed by atoms with van der Waals surface area (Å²) in [7, 11) is 1.82. The van der Waals surface area contributed by atoms with E-state index >= 15 is 0 Å². The SMILES string of the molecule is COc1ccc(S(=O)(=O)N2CCCC(C(=O)NCCN(C)C)C2)cc1. The Morgan fingerprint density at radius 2 is 2.00 bits per heavy atom. The van der Waals surface area contributed by atoms with E-state index in [2.05, 4.69) is 5.32 Å². The molecule has 2 rings (SSSR count). The zero-order valence-electron chi connectivity index (χ0n) is 15.1. The second-order valence-electron chi connectivity index (χ2n) is 6.47. The fourth-order valence-corrected chi connectivity index (χ4v) is 4.34. The van der Waals surface area contributed by atoms with Gasteiger partial charge in [0.2, 0.25) is 15.9 Å². The highest BCUT2D eigenvalue weighted by molar-refractivity contribution is 7.89. The van der Waals surface area contributed by atoms with Crippen LogP contribution in [0, 0.1) is 5.92 Å². The Labute approximate surface area is 150 Å². The van der Waals surface area contributed by atoms with Gasteiger partial charge in [0.05, 0.1) is 17.9 Å². The van der Waals surface area contributed by atoms with Crippen molar-refractivity contribution >= 4 is 15.9 Å². The fraction of sp³-hybridized carbons (Fsp3) is 0.588. The van der Waals surface area contributed by atoms with Crippen LogP contribution in [0.3, 0.4) is 0 Å². The minimum Gasteiger partial charge on any atom is -0.497 e. The number of likely N-dealkylation sites (N-methyl/N-ethyl adjacent to an activating group) is 1. The maximum Gasteiger partial charge on any atom is 0.243 e. The van der Waals surface area contributed by atoms with E-state index in [1.165, 1.54) is 23.5 Å². The monoisotopic (exact) mass is 369 g/mol. The molecule has 1 N–H and O–H groups in total. The van der Waals surface area contributed by atoms with Crippen molar-refractivity contribution in [3.8, 4) is 5.75 Å². The molecule has 0 aromatic heterocycles. The van der Waals surface area contributed by atoms with Crippen LogP contribution in [-0.2, 0) is 14.8 Å². The van der Waals surface area contributed by atoms with Gasteiger partial charge in [-0.3, -0.25) is 4.79 Å². The Bertz CT molecular complexity index is 674. The van der Waals surface area contributed by atoms with Crippen LogP contribution in [0.5, 0.6) is 5.75 Å². The summed E-state index contributed by atoms with van der Waals surface area (Å²) in [5.41, 5.74) is 0. The molecule has 1 aliphatic heterocycles. The molecule has 0 bridgehead atoms. The summed E-state index contributed by atoms with van der Waals surface area (Å²) in [6, 6.07) is 6.33. The highest BCUT2D eigenvalue weighted by Gasteiger charge is 2.33. The lowest BCUT2D eigenvalue weighted by atomic mass is 9.99. The summed E-state index contributed by atoms with van der Waals surface area (Å²) in [6.45, 7) is 1.98. The van der Waals surface area contributed by atoms with E-state index in [-0.39, 0.29) is 23.3 Å². The van der Waals surface area contributed by atoms with Gasteiger partial charge >= 0.3 is 0 Å². The van der Waals surface area contributed by atoms with E-state index < -0.39 is 10.0 Å². The molecule has 1 amide bonds. The molecular formula is C17H27N3O4S. The van der Waals surface area contributed by atoms with Crippen LogP contribution in [0.25, 0.3) is 0 Å². The van der Waals surface area contributed by atoms with Gasteiger partial charge in [0.25, 0.3) is 0 Å². The second-order valence-corrected chi connectivity index (χ2v) is 8.41. The van der Waals surface area contributed by atoms with Gasteiger partial charge in [-0.25, -0.2) is 8.42 Å². The second kappa shape index (κ2) is 8.64. The molecule has 0 radical (unpaired) electrons. The van der Waals surface area contributed by atoms with Crippen LogP contribution in [0.2, 0.25) is 0 Å². The highest BCUT2D eigenvalue weighted by atomic mass is 32.2. The molecule has 25 heavy (non-hydrogen) atoms. The van der Waals surface area contributed by atoms with Crippen LogP contribution in [-0.4, -0.2) is 70.9 Å². The first-order chi connectivity index (χ1) is 11.8. The largest absolute Gasteiger partial charge is 0.497 e. The van der Waals surface area contributed by atoms with Gasteiger partial charge < -0.3 is 15.0 Å². The van der Waals surface area contributed by atoms with Crippen molar-refractivity contribution in [3.05, 3.63) is 24.3 Å². The summed E-state index contributed by atoms with van der Waals surface area (Å²) in [5.74, 6) is 0.233. The van der Waals surface area contributed by atoms with Gasteiger partial charge in [-0.2, -0.15) is 4.31 Å². The number of ether oxygens (including phenoxy) is 1. The standard InChI is InChI=1S/C17H27N3O4S/c1-19(2)12-10-18-17(21)14-5-4-11-20(13-14)25(22,23)16-8-6-15(24-3)7-9-16/h6-9,14H,4-5,10-13H2,1-3H3,(H,18,21). The number of sulfonamides is 1. The number of amides is 1. The van der Waals surface area contributed by atoms with Gasteiger partial charge in [-0.05, 0) is 51.2 Å². The van der Waals surface area contributed by atoms with E-state index in [9.17, 15) is 13.2 Å². The van der Waals surface area contributed by atoms with Crippen molar-refractivity contribution in [2.75, 3.05) is 47.4 Å². The van der Waals surface area contributed by atoms with Gasteiger partial charge in [-0.1, -0.05) is 0 Å². The molecule has 0 saturated carbocycles. The lowest BCUT2D eigenvalue weighted by molar-refractivity contribution is -0.126. The summed E-state index contributed by atoms with van der Waals surface area (Å²) in [6.07, 6.45) is 1.39. The molecule has 0 aliphatic carbocycles. The number of hydrogen-bond donors (Lipinski definition) is 1. The third-order valence-electron chi connectivity index (χ3n) is 4.31. The lowest BCUT2D eigenvalue weighted by Gasteiger charge is -2.31. The van der Waals surface area contributed by atoms with Crippen molar-refractivity contribution in [1.82, 2.24) is 14.5 Å². The van der Waals surface area contributed by atoms with Crippen LogP contribution in [0.1, 0.15) is 12.8 Å². The average molecular weight is 369 g/mol. The lowest BCUT2D eigenvalue weighted by Crippen LogP contribution is -2.46. The van der Waals surface area contributed by atoms with Crippen LogP contribution >= 0.6 is 0 Å². The van der Waals surface area contributed by atoms with E-state index in [0.29, 0.717) is 31.7 Å². The van der Waals surface area contributed by atoms with Crippen molar-refractivity contribution in [3.63, 3.8) is 0 Å². The molecule has 140 valence electrons. The smallest absolute Gasteiger partial charge is 0.243 e. The molecule has 0 spiro atoms. The topological polar surface area (TPSA) is 79.0 Å². The molecule has 1 aromatic carbocycles.